The van der Waals surface area contributed by atoms with Gasteiger partial charge in [0.05, 0.1) is 0 Å². The average Bonchev–Trinajstić information content (AvgIpc) is 2.70. The normalized spacial score (nSPS) is 15.6. The van der Waals surface area contributed by atoms with Crippen LogP contribution in [0.4, 0.5) is 0 Å². The van der Waals surface area contributed by atoms with Crippen molar-refractivity contribution in [1.29, 1.82) is 0 Å². The minimum absolute atomic E-state index is 0.0537. The molecular formula is C13H21N3O. The largest absolute Gasteiger partial charge is 0.351 e. The van der Waals surface area contributed by atoms with E-state index in [1.165, 1.54) is 19.3 Å². The lowest BCUT2D eigenvalue weighted by molar-refractivity contribution is 0.0938. The smallest absolute Gasteiger partial charge is 0.267 e. The molecule has 1 aliphatic carbocycles. The van der Waals surface area contributed by atoms with E-state index in [1.54, 1.807) is 0 Å². The zero-order valence-corrected chi connectivity index (χ0v) is 10.4. The quantitative estimate of drug-likeness (QED) is 0.735. The van der Waals surface area contributed by atoms with Crippen molar-refractivity contribution in [2.45, 2.75) is 31.7 Å². The molecule has 1 aromatic rings. The maximum Gasteiger partial charge on any atom is 0.267 e. The first-order chi connectivity index (χ1) is 8.33. The van der Waals surface area contributed by atoms with Crippen LogP contribution < -0.4 is 10.6 Å². The Morgan fingerprint density at radius 1 is 1.47 bits per heavy atom. The van der Waals surface area contributed by atoms with Crippen molar-refractivity contribution in [2.24, 2.45) is 0 Å². The van der Waals surface area contributed by atoms with Crippen molar-refractivity contribution < 1.29 is 4.79 Å². The van der Waals surface area contributed by atoms with Gasteiger partial charge < -0.3 is 15.2 Å². The Labute approximate surface area is 102 Å². The molecule has 0 unspecified atom stereocenters. The molecule has 0 radical (unpaired) electrons. The van der Waals surface area contributed by atoms with E-state index in [-0.39, 0.29) is 5.91 Å². The molecule has 1 fully saturated rings. The zero-order valence-electron chi connectivity index (χ0n) is 10.4. The Hall–Kier alpha value is -1.29. The number of rotatable bonds is 6. The number of nitrogens with zero attached hydrogens (tertiary/aromatic N) is 1. The minimum atomic E-state index is 0.0537. The van der Waals surface area contributed by atoms with Crippen LogP contribution in [0.15, 0.2) is 18.3 Å². The van der Waals surface area contributed by atoms with Gasteiger partial charge in [-0.1, -0.05) is 0 Å². The van der Waals surface area contributed by atoms with Gasteiger partial charge in [-0.15, -0.1) is 0 Å². The van der Waals surface area contributed by atoms with Crippen LogP contribution >= 0.6 is 0 Å². The first-order valence-corrected chi connectivity index (χ1v) is 6.42. The van der Waals surface area contributed by atoms with Crippen LogP contribution in [0.25, 0.3) is 0 Å². The molecule has 17 heavy (non-hydrogen) atoms. The lowest BCUT2D eigenvalue weighted by atomic mass is 9.93. The Bertz CT molecular complexity index is 368. The topological polar surface area (TPSA) is 46.1 Å². The molecule has 0 bridgehead atoms. The van der Waals surface area contributed by atoms with Crippen molar-refractivity contribution in [3.05, 3.63) is 24.0 Å². The van der Waals surface area contributed by atoms with Crippen LogP contribution in [0.3, 0.4) is 0 Å². The summed E-state index contributed by atoms with van der Waals surface area (Å²) in [6.45, 7) is 1.67. The van der Waals surface area contributed by atoms with Crippen molar-refractivity contribution in [1.82, 2.24) is 15.2 Å². The van der Waals surface area contributed by atoms with Gasteiger partial charge in [-0.05, 0) is 51.4 Å². The molecule has 94 valence electrons. The molecule has 4 heteroatoms. The molecule has 0 atom stereocenters. The van der Waals surface area contributed by atoms with Crippen molar-refractivity contribution in [2.75, 3.05) is 20.1 Å². The number of carbonyl (C=O) groups is 1. The van der Waals surface area contributed by atoms with Crippen LogP contribution in [-0.2, 0) is 0 Å². The predicted molar refractivity (Wildman–Crippen MR) is 68.2 cm³/mol. The minimum Gasteiger partial charge on any atom is -0.351 e. The average molecular weight is 235 g/mol. The van der Waals surface area contributed by atoms with Crippen LogP contribution in [0.1, 0.15) is 42.2 Å². The number of hydrogen-bond donors (Lipinski definition) is 2. The van der Waals surface area contributed by atoms with Crippen molar-refractivity contribution in [3.8, 4) is 0 Å². The lowest BCUT2D eigenvalue weighted by Gasteiger charge is -2.28. The van der Waals surface area contributed by atoms with Crippen LogP contribution in [-0.4, -0.2) is 30.6 Å². The molecule has 0 saturated heterocycles. The van der Waals surface area contributed by atoms with E-state index < -0.39 is 0 Å². The second kappa shape index (κ2) is 5.87. The molecule has 1 aliphatic rings. The molecule has 2 N–H and O–H groups in total. The molecule has 1 aromatic heterocycles. The van der Waals surface area contributed by atoms with Gasteiger partial charge in [0.15, 0.2) is 0 Å². The van der Waals surface area contributed by atoms with Gasteiger partial charge in [0, 0.05) is 18.8 Å². The van der Waals surface area contributed by atoms with E-state index in [0.717, 1.165) is 25.2 Å². The summed E-state index contributed by atoms with van der Waals surface area (Å²) in [6, 6.07) is 4.41. The molecule has 1 heterocycles. The number of amides is 1. The first-order valence-electron chi connectivity index (χ1n) is 6.42. The molecule has 1 saturated carbocycles. The first kappa shape index (κ1) is 12.2. The standard InChI is InChI=1S/C13H21N3O/c1-14-8-4-9-15-13(17)12-7-3-10-16(12)11-5-2-6-11/h3,7,10-11,14H,2,4-6,8-9H2,1H3,(H,15,17). The molecule has 0 aromatic carbocycles. The molecule has 0 aliphatic heterocycles. The van der Waals surface area contributed by atoms with Gasteiger partial charge in [0.2, 0.25) is 0 Å². The maximum atomic E-state index is 12.0. The summed E-state index contributed by atoms with van der Waals surface area (Å²) in [5, 5.41) is 6.03. The van der Waals surface area contributed by atoms with Crippen LogP contribution in [0.5, 0.6) is 0 Å². The number of aromatic nitrogens is 1. The zero-order chi connectivity index (χ0) is 12.1. The fourth-order valence-electron chi connectivity index (χ4n) is 2.13. The second-order valence-corrected chi connectivity index (χ2v) is 4.60. The highest BCUT2D eigenvalue weighted by Crippen LogP contribution is 2.32. The van der Waals surface area contributed by atoms with Crippen LogP contribution in [0, 0.1) is 0 Å². The summed E-state index contributed by atoms with van der Waals surface area (Å²) in [5.41, 5.74) is 0.805. The van der Waals surface area contributed by atoms with Crippen LogP contribution in [0.2, 0.25) is 0 Å². The summed E-state index contributed by atoms with van der Waals surface area (Å²) in [4.78, 5) is 12.0. The maximum absolute atomic E-state index is 12.0. The number of carbonyl (C=O) groups excluding carboxylic acids is 1. The van der Waals surface area contributed by atoms with E-state index in [4.69, 9.17) is 0 Å². The van der Waals surface area contributed by atoms with Gasteiger partial charge in [0.25, 0.3) is 5.91 Å². The summed E-state index contributed by atoms with van der Waals surface area (Å²) < 4.78 is 2.12. The lowest BCUT2D eigenvalue weighted by Crippen LogP contribution is -2.30. The number of nitrogens with one attached hydrogen (secondary N) is 2. The van der Waals surface area contributed by atoms with Gasteiger partial charge in [-0.2, -0.15) is 0 Å². The molecule has 0 spiro atoms. The third kappa shape index (κ3) is 2.88. The van der Waals surface area contributed by atoms with Gasteiger partial charge in [0.1, 0.15) is 5.69 Å². The molecule has 2 rings (SSSR count). The van der Waals surface area contributed by atoms with E-state index in [2.05, 4.69) is 15.2 Å². The SMILES string of the molecule is CNCCCNC(=O)c1cccn1C1CCC1. The third-order valence-corrected chi connectivity index (χ3v) is 3.37. The van der Waals surface area contributed by atoms with E-state index in [0.29, 0.717) is 6.04 Å². The highest BCUT2D eigenvalue weighted by Gasteiger charge is 2.22. The monoisotopic (exact) mass is 235 g/mol. The highest BCUT2D eigenvalue weighted by molar-refractivity contribution is 5.92. The van der Waals surface area contributed by atoms with Gasteiger partial charge in [-0.25, -0.2) is 0 Å². The Morgan fingerprint density at radius 2 is 2.29 bits per heavy atom. The summed E-state index contributed by atoms with van der Waals surface area (Å²) >= 11 is 0. The Morgan fingerprint density at radius 3 is 2.94 bits per heavy atom. The predicted octanol–water partition coefficient (Wildman–Crippen LogP) is 1.55. The van der Waals surface area contributed by atoms with Gasteiger partial charge in [-0.3, -0.25) is 4.79 Å². The second-order valence-electron chi connectivity index (χ2n) is 4.60. The van der Waals surface area contributed by atoms with Gasteiger partial charge >= 0.3 is 0 Å². The van der Waals surface area contributed by atoms with E-state index >= 15 is 0 Å². The Kier molecular flexibility index (Phi) is 4.20. The van der Waals surface area contributed by atoms with E-state index in [1.807, 2.05) is 25.4 Å². The van der Waals surface area contributed by atoms with E-state index in [9.17, 15) is 4.79 Å². The molecule has 4 nitrogen and oxygen atoms in total. The summed E-state index contributed by atoms with van der Waals surface area (Å²) in [6.07, 6.45) is 6.67. The molecular weight excluding hydrogens is 214 g/mol. The molecule has 1 amide bonds. The fourth-order valence-corrected chi connectivity index (χ4v) is 2.13. The fraction of sp³-hybridized carbons (Fsp3) is 0.615. The van der Waals surface area contributed by atoms with Crippen molar-refractivity contribution >= 4 is 5.91 Å². The number of hydrogen-bond acceptors (Lipinski definition) is 2. The summed E-state index contributed by atoms with van der Waals surface area (Å²) in [7, 11) is 1.92. The highest BCUT2D eigenvalue weighted by atomic mass is 16.1. The summed E-state index contributed by atoms with van der Waals surface area (Å²) in [5.74, 6) is 0.0537. The Balaban J connectivity index is 1.87. The van der Waals surface area contributed by atoms with Crippen molar-refractivity contribution in [3.63, 3.8) is 0 Å². The third-order valence-electron chi connectivity index (χ3n) is 3.37.